The largest absolute Gasteiger partial charge is 0.269 e. The third-order valence-electron chi connectivity index (χ3n) is 4.22. The third-order valence-corrected chi connectivity index (χ3v) is 6.13. The van der Waals surface area contributed by atoms with Gasteiger partial charge in [-0.05, 0) is 61.4 Å². The SMILES string of the molecule is O=C(NNC(=O)c1ccc(S(=O)(=O)N2CCCC2)cc1)c1ccc(F)cc1. The van der Waals surface area contributed by atoms with Gasteiger partial charge in [0.2, 0.25) is 10.0 Å². The van der Waals surface area contributed by atoms with Gasteiger partial charge in [0.05, 0.1) is 4.90 Å². The summed E-state index contributed by atoms with van der Waals surface area (Å²) < 4.78 is 39.2. The Hall–Kier alpha value is -2.78. The predicted molar refractivity (Wildman–Crippen MR) is 95.8 cm³/mol. The van der Waals surface area contributed by atoms with Crippen molar-refractivity contribution < 1.29 is 22.4 Å². The van der Waals surface area contributed by atoms with Crippen LogP contribution < -0.4 is 10.9 Å². The van der Waals surface area contributed by atoms with Gasteiger partial charge in [-0.3, -0.25) is 20.4 Å². The third kappa shape index (κ3) is 4.32. The summed E-state index contributed by atoms with van der Waals surface area (Å²) in [6.07, 6.45) is 1.68. The molecule has 0 aromatic heterocycles. The molecule has 1 aliphatic heterocycles. The second kappa shape index (κ2) is 7.85. The fraction of sp³-hybridized carbons (Fsp3) is 0.222. The minimum Gasteiger partial charge on any atom is -0.267 e. The van der Waals surface area contributed by atoms with Crippen molar-refractivity contribution in [1.29, 1.82) is 0 Å². The second-order valence-electron chi connectivity index (χ2n) is 6.05. The Bertz CT molecular complexity index is 938. The molecule has 9 heteroatoms. The van der Waals surface area contributed by atoms with Gasteiger partial charge in [0.15, 0.2) is 0 Å². The number of amides is 2. The molecule has 2 N–H and O–H groups in total. The number of hydrogen-bond acceptors (Lipinski definition) is 4. The Kier molecular flexibility index (Phi) is 5.52. The van der Waals surface area contributed by atoms with E-state index in [-0.39, 0.29) is 16.0 Å². The monoisotopic (exact) mass is 391 g/mol. The summed E-state index contributed by atoms with van der Waals surface area (Å²) in [5.74, 6) is -1.67. The van der Waals surface area contributed by atoms with Gasteiger partial charge in [0.1, 0.15) is 5.82 Å². The van der Waals surface area contributed by atoms with Crippen LogP contribution in [0.5, 0.6) is 0 Å². The van der Waals surface area contributed by atoms with Crippen LogP contribution in [0.15, 0.2) is 53.4 Å². The zero-order valence-corrected chi connectivity index (χ0v) is 15.1. The Morgan fingerprint density at radius 3 is 1.74 bits per heavy atom. The van der Waals surface area contributed by atoms with Crippen LogP contribution in [0.3, 0.4) is 0 Å². The number of hydrogen-bond donors (Lipinski definition) is 2. The van der Waals surface area contributed by atoms with Crippen LogP contribution in [0.2, 0.25) is 0 Å². The van der Waals surface area contributed by atoms with Gasteiger partial charge in [-0.1, -0.05) is 0 Å². The number of nitrogens with zero attached hydrogens (tertiary/aromatic N) is 1. The lowest BCUT2D eigenvalue weighted by Crippen LogP contribution is -2.41. The van der Waals surface area contributed by atoms with Gasteiger partial charge in [-0.25, -0.2) is 12.8 Å². The quantitative estimate of drug-likeness (QED) is 0.776. The number of rotatable bonds is 4. The number of nitrogens with one attached hydrogen (secondary N) is 2. The lowest BCUT2D eigenvalue weighted by Gasteiger charge is -2.15. The summed E-state index contributed by atoms with van der Waals surface area (Å²) in [6, 6.07) is 10.3. The van der Waals surface area contributed by atoms with Gasteiger partial charge in [0.25, 0.3) is 11.8 Å². The average Bonchev–Trinajstić information content (AvgIpc) is 3.22. The van der Waals surface area contributed by atoms with Crippen molar-refractivity contribution in [2.45, 2.75) is 17.7 Å². The molecule has 0 radical (unpaired) electrons. The highest BCUT2D eigenvalue weighted by atomic mass is 32.2. The summed E-state index contributed by atoms with van der Waals surface area (Å²) >= 11 is 0. The molecule has 1 fully saturated rings. The Balaban J connectivity index is 1.62. The van der Waals surface area contributed by atoms with E-state index in [1.807, 2.05) is 0 Å². The number of hydrazine groups is 1. The molecule has 0 bridgehead atoms. The van der Waals surface area contributed by atoms with Crippen LogP contribution in [-0.2, 0) is 10.0 Å². The van der Waals surface area contributed by atoms with Gasteiger partial charge in [-0.15, -0.1) is 0 Å². The summed E-state index contributed by atoms with van der Waals surface area (Å²) in [4.78, 5) is 24.1. The molecule has 0 spiro atoms. The van der Waals surface area contributed by atoms with Crippen LogP contribution >= 0.6 is 0 Å². The fourth-order valence-corrected chi connectivity index (χ4v) is 4.23. The Morgan fingerprint density at radius 2 is 1.26 bits per heavy atom. The van der Waals surface area contributed by atoms with E-state index in [1.54, 1.807) is 0 Å². The standard InChI is InChI=1S/C18H18FN3O4S/c19-15-7-3-13(4-8-15)17(23)20-21-18(24)14-5-9-16(10-6-14)27(25,26)22-11-1-2-12-22/h3-10H,1-2,11-12H2,(H,20,23)(H,21,24). The van der Waals surface area contributed by atoms with Crippen molar-refractivity contribution in [2.75, 3.05) is 13.1 Å². The van der Waals surface area contributed by atoms with E-state index in [2.05, 4.69) is 10.9 Å². The maximum atomic E-state index is 12.9. The highest BCUT2D eigenvalue weighted by Gasteiger charge is 2.27. The average molecular weight is 391 g/mol. The van der Waals surface area contributed by atoms with E-state index in [1.165, 1.54) is 40.7 Å². The van der Waals surface area contributed by atoms with Crippen molar-refractivity contribution in [3.8, 4) is 0 Å². The van der Waals surface area contributed by atoms with E-state index in [9.17, 15) is 22.4 Å². The molecule has 1 heterocycles. The molecule has 0 aliphatic carbocycles. The second-order valence-corrected chi connectivity index (χ2v) is 7.99. The molecule has 2 aromatic carbocycles. The number of carbonyl (C=O) groups is 2. The lowest BCUT2D eigenvalue weighted by atomic mass is 10.2. The maximum absolute atomic E-state index is 12.9. The van der Waals surface area contributed by atoms with Crippen molar-refractivity contribution in [1.82, 2.24) is 15.2 Å². The number of benzene rings is 2. The van der Waals surface area contributed by atoms with Crippen LogP contribution in [0, 0.1) is 5.82 Å². The van der Waals surface area contributed by atoms with Crippen LogP contribution in [0.1, 0.15) is 33.6 Å². The van der Waals surface area contributed by atoms with Gasteiger partial charge in [-0.2, -0.15) is 4.31 Å². The highest BCUT2D eigenvalue weighted by Crippen LogP contribution is 2.21. The number of halogens is 1. The van der Waals surface area contributed by atoms with Gasteiger partial charge in [0, 0.05) is 24.2 Å². The Labute approximate surface area is 156 Å². The summed E-state index contributed by atoms with van der Waals surface area (Å²) in [5.41, 5.74) is 4.83. The fourth-order valence-electron chi connectivity index (χ4n) is 2.71. The lowest BCUT2D eigenvalue weighted by molar-refractivity contribution is 0.0846. The molecule has 7 nitrogen and oxygen atoms in total. The molecule has 142 valence electrons. The normalized spacial score (nSPS) is 14.7. The number of sulfonamides is 1. The topological polar surface area (TPSA) is 95.6 Å². The molecule has 1 saturated heterocycles. The smallest absolute Gasteiger partial charge is 0.267 e. The summed E-state index contributed by atoms with van der Waals surface area (Å²) in [6.45, 7) is 1.000. The maximum Gasteiger partial charge on any atom is 0.269 e. The van der Waals surface area contributed by atoms with Crippen LogP contribution in [0.25, 0.3) is 0 Å². The van der Waals surface area contributed by atoms with E-state index in [0.717, 1.165) is 25.0 Å². The molecule has 0 saturated carbocycles. The molecular weight excluding hydrogens is 373 g/mol. The molecule has 0 unspecified atom stereocenters. The minimum atomic E-state index is -3.55. The zero-order valence-electron chi connectivity index (χ0n) is 14.3. The molecule has 3 rings (SSSR count). The van der Waals surface area contributed by atoms with E-state index < -0.39 is 27.7 Å². The van der Waals surface area contributed by atoms with E-state index in [0.29, 0.717) is 13.1 Å². The van der Waals surface area contributed by atoms with Crippen molar-refractivity contribution >= 4 is 21.8 Å². The molecule has 1 aliphatic rings. The molecular formula is C18H18FN3O4S. The van der Waals surface area contributed by atoms with Crippen molar-refractivity contribution in [3.05, 3.63) is 65.5 Å². The minimum absolute atomic E-state index is 0.122. The van der Waals surface area contributed by atoms with Gasteiger partial charge < -0.3 is 0 Å². The molecule has 2 amide bonds. The summed E-state index contributed by atoms with van der Waals surface area (Å²) in [7, 11) is -3.55. The molecule has 27 heavy (non-hydrogen) atoms. The first-order valence-corrected chi connectivity index (χ1v) is 9.78. The zero-order chi connectivity index (χ0) is 19.4. The highest BCUT2D eigenvalue weighted by molar-refractivity contribution is 7.89. The Morgan fingerprint density at radius 1 is 0.815 bits per heavy atom. The van der Waals surface area contributed by atoms with E-state index in [4.69, 9.17) is 0 Å². The van der Waals surface area contributed by atoms with Crippen LogP contribution in [0.4, 0.5) is 4.39 Å². The van der Waals surface area contributed by atoms with E-state index >= 15 is 0 Å². The van der Waals surface area contributed by atoms with Crippen molar-refractivity contribution in [2.24, 2.45) is 0 Å². The first-order valence-electron chi connectivity index (χ1n) is 8.34. The number of carbonyl (C=O) groups excluding carboxylic acids is 2. The first kappa shape index (κ1) is 19.0. The predicted octanol–water partition coefficient (Wildman–Crippen LogP) is 1.68. The van der Waals surface area contributed by atoms with Crippen LogP contribution in [-0.4, -0.2) is 37.6 Å². The van der Waals surface area contributed by atoms with Gasteiger partial charge >= 0.3 is 0 Å². The summed E-state index contributed by atoms with van der Waals surface area (Å²) in [5, 5.41) is 0. The molecule has 0 atom stereocenters. The first-order chi connectivity index (χ1) is 12.9. The molecule has 2 aromatic rings. The van der Waals surface area contributed by atoms with Crippen molar-refractivity contribution in [3.63, 3.8) is 0 Å².